The molecule has 1 heterocycles. The first-order valence-corrected chi connectivity index (χ1v) is 9.07. The van der Waals surface area contributed by atoms with Crippen LogP contribution in [0.5, 0.6) is 0 Å². The van der Waals surface area contributed by atoms with E-state index >= 15 is 0 Å². The molecule has 7 heteroatoms. The molecular formula is C17H24N4O2S. The van der Waals surface area contributed by atoms with Crippen molar-refractivity contribution in [2.24, 2.45) is 11.7 Å². The number of nitrogens with two attached hydrogens (primary N) is 1. The van der Waals surface area contributed by atoms with Gasteiger partial charge < -0.3 is 11.1 Å². The van der Waals surface area contributed by atoms with Crippen molar-refractivity contribution in [3.05, 3.63) is 16.0 Å². The van der Waals surface area contributed by atoms with Crippen LogP contribution < -0.4 is 11.1 Å². The van der Waals surface area contributed by atoms with Crippen LogP contribution in [0.25, 0.3) is 0 Å². The highest BCUT2D eigenvalue weighted by molar-refractivity contribution is 7.16. The van der Waals surface area contributed by atoms with E-state index in [9.17, 15) is 14.9 Å². The van der Waals surface area contributed by atoms with Crippen LogP contribution >= 0.6 is 11.3 Å². The van der Waals surface area contributed by atoms with E-state index in [0.717, 1.165) is 31.2 Å². The molecule has 0 radical (unpaired) electrons. The number of aryl methyl sites for hydroxylation is 1. The number of nitrogens with one attached hydrogen (secondary N) is 1. The molecule has 0 unspecified atom stereocenters. The predicted molar refractivity (Wildman–Crippen MR) is 94.8 cm³/mol. The maximum atomic E-state index is 12.4. The first-order valence-electron chi connectivity index (χ1n) is 8.25. The van der Waals surface area contributed by atoms with E-state index < -0.39 is 5.91 Å². The Balaban J connectivity index is 2.07. The second kappa shape index (κ2) is 8.27. The number of nitrogens with zero attached hydrogens (tertiary/aromatic N) is 2. The van der Waals surface area contributed by atoms with E-state index in [-0.39, 0.29) is 19.0 Å². The van der Waals surface area contributed by atoms with Gasteiger partial charge in [0.2, 0.25) is 11.8 Å². The van der Waals surface area contributed by atoms with Crippen LogP contribution in [0.2, 0.25) is 0 Å². The quantitative estimate of drug-likeness (QED) is 0.786. The van der Waals surface area contributed by atoms with Crippen LogP contribution in [0.15, 0.2) is 0 Å². The summed E-state index contributed by atoms with van der Waals surface area (Å²) in [5.41, 5.74) is 6.96. The molecule has 1 aliphatic carbocycles. The molecule has 2 rings (SSSR count). The highest BCUT2D eigenvalue weighted by Gasteiger charge is 2.22. The van der Waals surface area contributed by atoms with Gasteiger partial charge in [0.25, 0.3) is 0 Å². The SMILES string of the molecule is CC(C)CN(CC(N)=O)CC(=O)Nc1sc2c(c1C#N)CCCC2. The van der Waals surface area contributed by atoms with Crippen molar-refractivity contribution in [1.29, 1.82) is 5.26 Å². The summed E-state index contributed by atoms with van der Waals surface area (Å²) in [5.74, 6) is -0.347. The van der Waals surface area contributed by atoms with Gasteiger partial charge in [-0.25, -0.2) is 0 Å². The topological polar surface area (TPSA) is 99.2 Å². The number of primary amides is 1. The number of fused-ring (bicyclic) bond motifs is 1. The Morgan fingerprint density at radius 2 is 2.04 bits per heavy atom. The zero-order valence-electron chi connectivity index (χ0n) is 14.2. The zero-order chi connectivity index (χ0) is 17.7. The minimum atomic E-state index is -0.451. The lowest BCUT2D eigenvalue weighted by Gasteiger charge is -2.21. The summed E-state index contributed by atoms with van der Waals surface area (Å²) in [6.07, 6.45) is 4.11. The first-order chi connectivity index (χ1) is 11.4. The van der Waals surface area contributed by atoms with Crippen molar-refractivity contribution in [3.8, 4) is 6.07 Å². The lowest BCUT2D eigenvalue weighted by atomic mass is 9.96. The largest absolute Gasteiger partial charge is 0.369 e. The van der Waals surface area contributed by atoms with E-state index in [1.165, 1.54) is 16.2 Å². The lowest BCUT2D eigenvalue weighted by molar-refractivity contribution is -0.121. The van der Waals surface area contributed by atoms with E-state index in [4.69, 9.17) is 5.73 Å². The van der Waals surface area contributed by atoms with Crippen molar-refractivity contribution in [1.82, 2.24) is 4.90 Å². The van der Waals surface area contributed by atoms with Gasteiger partial charge in [-0.1, -0.05) is 13.8 Å². The fourth-order valence-electron chi connectivity index (χ4n) is 3.06. The summed E-state index contributed by atoms with van der Waals surface area (Å²) in [4.78, 5) is 26.5. The molecular weight excluding hydrogens is 324 g/mol. The molecule has 0 aromatic carbocycles. The molecule has 1 aliphatic rings. The monoisotopic (exact) mass is 348 g/mol. The summed E-state index contributed by atoms with van der Waals surface area (Å²) in [5, 5.41) is 12.9. The molecule has 6 nitrogen and oxygen atoms in total. The molecule has 0 aliphatic heterocycles. The van der Waals surface area contributed by atoms with E-state index in [1.807, 2.05) is 13.8 Å². The molecule has 2 amide bonds. The molecule has 0 spiro atoms. The normalized spacial score (nSPS) is 13.6. The summed E-state index contributed by atoms with van der Waals surface area (Å²) < 4.78 is 0. The summed E-state index contributed by atoms with van der Waals surface area (Å²) in [6.45, 7) is 4.80. The average molecular weight is 348 g/mol. The van der Waals surface area contributed by atoms with Gasteiger partial charge in [-0.15, -0.1) is 11.3 Å². The highest BCUT2D eigenvalue weighted by atomic mass is 32.1. The minimum Gasteiger partial charge on any atom is -0.369 e. The summed E-state index contributed by atoms with van der Waals surface area (Å²) >= 11 is 1.51. The first kappa shape index (κ1) is 18.4. The van der Waals surface area contributed by atoms with Crippen LogP contribution in [0, 0.1) is 17.2 Å². The number of carbonyl (C=O) groups excluding carboxylic acids is 2. The maximum Gasteiger partial charge on any atom is 0.239 e. The number of amides is 2. The second-order valence-corrected chi connectivity index (χ2v) is 7.71. The van der Waals surface area contributed by atoms with Crippen molar-refractivity contribution in [3.63, 3.8) is 0 Å². The van der Waals surface area contributed by atoms with Gasteiger partial charge >= 0.3 is 0 Å². The molecule has 1 aromatic heterocycles. The fourth-order valence-corrected chi connectivity index (χ4v) is 4.32. The lowest BCUT2D eigenvalue weighted by Crippen LogP contribution is -2.41. The van der Waals surface area contributed by atoms with Gasteiger partial charge in [0, 0.05) is 11.4 Å². The molecule has 3 N–H and O–H groups in total. The number of nitriles is 1. The zero-order valence-corrected chi connectivity index (χ0v) is 15.0. The van der Waals surface area contributed by atoms with Crippen molar-refractivity contribution in [2.75, 3.05) is 25.0 Å². The molecule has 0 fully saturated rings. The molecule has 0 saturated heterocycles. The van der Waals surface area contributed by atoms with E-state index in [0.29, 0.717) is 23.0 Å². The van der Waals surface area contributed by atoms with Crippen molar-refractivity contribution >= 4 is 28.2 Å². The number of hydrogen-bond donors (Lipinski definition) is 2. The van der Waals surface area contributed by atoms with Gasteiger partial charge in [-0.05, 0) is 37.2 Å². The second-order valence-electron chi connectivity index (χ2n) is 6.60. The summed E-state index contributed by atoms with van der Waals surface area (Å²) in [6, 6.07) is 2.23. The molecule has 130 valence electrons. The predicted octanol–water partition coefficient (Wildman–Crippen LogP) is 1.88. The van der Waals surface area contributed by atoms with Gasteiger partial charge in [0.1, 0.15) is 11.1 Å². The Kier molecular flexibility index (Phi) is 6.35. The van der Waals surface area contributed by atoms with Gasteiger partial charge in [0.05, 0.1) is 18.7 Å². The highest BCUT2D eigenvalue weighted by Crippen LogP contribution is 2.37. The Morgan fingerprint density at radius 1 is 1.33 bits per heavy atom. The number of rotatable bonds is 7. The standard InChI is InChI=1S/C17H24N4O2S/c1-11(2)8-21(9-15(19)22)10-16(23)20-17-13(7-18)12-5-3-4-6-14(12)24-17/h11H,3-6,8-10H2,1-2H3,(H2,19,22)(H,20,23). The van der Waals surface area contributed by atoms with E-state index in [1.54, 1.807) is 4.90 Å². The third kappa shape index (κ3) is 4.79. The van der Waals surface area contributed by atoms with Crippen LogP contribution in [-0.4, -0.2) is 36.3 Å². The van der Waals surface area contributed by atoms with Crippen molar-refractivity contribution < 1.29 is 9.59 Å². The molecule has 1 aromatic rings. The minimum absolute atomic E-state index is 0.0532. The Labute approximate surface area is 146 Å². The Morgan fingerprint density at radius 3 is 2.67 bits per heavy atom. The maximum absolute atomic E-state index is 12.4. The van der Waals surface area contributed by atoms with Crippen LogP contribution in [0.3, 0.4) is 0 Å². The van der Waals surface area contributed by atoms with E-state index in [2.05, 4.69) is 11.4 Å². The van der Waals surface area contributed by atoms with Crippen LogP contribution in [0.1, 0.15) is 42.7 Å². The fraction of sp³-hybridized carbons (Fsp3) is 0.588. The molecule has 0 atom stereocenters. The average Bonchev–Trinajstić information content (AvgIpc) is 2.82. The van der Waals surface area contributed by atoms with Crippen molar-refractivity contribution in [2.45, 2.75) is 39.5 Å². The van der Waals surface area contributed by atoms with Gasteiger partial charge in [-0.3, -0.25) is 14.5 Å². The Bertz CT molecular complexity index is 660. The third-order valence-electron chi connectivity index (χ3n) is 3.91. The smallest absolute Gasteiger partial charge is 0.239 e. The molecule has 24 heavy (non-hydrogen) atoms. The summed E-state index contributed by atoms with van der Waals surface area (Å²) in [7, 11) is 0. The number of carbonyl (C=O) groups is 2. The van der Waals surface area contributed by atoms with Crippen LogP contribution in [0.4, 0.5) is 5.00 Å². The number of hydrogen-bond acceptors (Lipinski definition) is 5. The molecule has 0 bridgehead atoms. The third-order valence-corrected chi connectivity index (χ3v) is 5.11. The molecule has 0 saturated carbocycles. The number of anilines is 1. The van der Waals surface area contributed by atoms with Gasteiger partial charge in [-0.2, -0.15) is 5.26 Å². The van der Waals surface area contributed by atoms with Gasteiger partial charge in [0.15, 0.2) is 0 Å². The van der Waals surface area contributed by atoms with Crippen LogP contribution in [-0.2, 0) is 22.4 Å². The number of thiophene rings is 1. The Hall–Kier alpha value is -1.91.